The molecule has 2 rings (SSSR count). The van der Waals surface area contributed by atoms with Crippen molar-refractivity contribution in [1.82, 2.24) is 14.7 Å². The molecule has 1 aliphatic rings. The zero-order chi connectivity index (χ0) is 14.7. The highest BCUT2D eigenvalue weighted by atomic mass is 16.5. The molecule has 6 heteroatoms. The summed E-state index contributed by atoms with van der Waals surface area (Å²) in [7, 11) is 0. The van der Waals surface area contributed by atoms with Gasteiger partial charge in [0.05, 0.1) is 12.3 Å². The fourth-order valence-electron chi connectivity index (χ4n) is 2.68. The summed E-state index contributed by atoms with van der Waals surface area (Å²) in [5.74, 6) is -0.243. The van der Waals surface area contributed by atoms with Gasteiger partial charge in [0.1, 0.15) is 6.54 Å². The number of hydrogen-bond donors (Lipinski definition) is 1. The molecule has 2 heterocycles. The molecular formula is C14H24N4O2. The first-order valence-electron chi connectivity index (χ1n) is 7.17. The van der Waals surface area contributed by atoms with Crippen LogP contribution in [-0.2, 0) is 22.6 Å². The Morgan fingerprint density at radius 2 is 2.25 bits per heavy atom. The molecule has 1 aliphatic heterocycles. The van der Waals surface area contributed by atoms with E-state index in [0.717, 1.165) is 37.4 Å². The molecule has 0 radical (unpaired) electrons. The Morgan fingerprint density at radius 1 is 1.50 bits per heavy atom. The van der Waals surface area contributed by atoms with E-state index >= 15 is 0 Å². The van der Waals surface area contributed by atoms with Crippen LogP contribution < -0.4 is 5.73 Å². The van der Waals surface area contributed by atoms with E-state index in [4.69, 9.17) is 10.5 Å². The van der Waals surface area contributed by atoms with Crippen LogP contribution in [0.25, 0.3) is 0 Å². The number of rotatable bonds is 5. The molecule has 0 aliphatic carbocycles. The van der Waals surface area contributed by atoms with Crippen molar-refractivity contribution < 1.29 is 9.53 Å². The number of nitrogens with zero attached hydrogens (tertiary/aromatic N) is 3. The Labute approximate surface area is 119 Å². The summed E-state index contributed by atoms with van der Waals surface area (Å²) < 4.78 is 6.71. The van der Waals surface area contributed by atoms with E-state index in [1.165, 1.54) is 5.56 Å². The highest BCUT2D eigenvalue weighted by molar-refractivity contribution is 5.69. The van der Waals surface area contributed by atoms with Crippen molar-refractivity contribution in [2.75, 3.05) is 19.7 Å². The summed E-state index contributed by atoms with van der Waals surface area (Å²) in [5, 5.41) is 4.45. The average Bonchev–Trinajstić information content (AvgIpc) is 2.89. The van der Waals surface area contributed by atoms with Crippen LogP contribution in [0.4, 0.5) is 0 Å². The first-order valence-corrected chi connectivity index (χ1v) is 7.17. The molecule has 1 atom stereocenters. The van der Waals surface area contributed by atoms with Crippen LogP contribution in [0.5, 0.6) is 0 Å². The van der Waals surface area contributed by atoms with E-state index in [9.17, 15) is 4.79 Å². The number of ether oxygens (including phenoxy) is 1. The predicted molar refractivity (Wildman–Crippen MR) is 76.2 cm³/mol. The molecule has 1 aromatic heterocycles. The number of nitrogens with two attached hydrogens (primary N) is 1. The molecule has 0 saturated carbocycles. The quantitative estimate of drug-likeness (QED) is 0.799. The lowest BCUT2D eigenvalue weighted by molar-refractivity contribution is -0.144. The Bertz CT molecular complexity index is 484. The lowest BCUT2D eigenvalue weighted by Crippen LogP contribution is -2.26. The van der Waals surface area contributed by atoms with Crippen molar-refractivity contribution in [2.45, 2.75) is 46.3 Å². The topological polar surface area (TPSA) is 73.4 Å². The monoisotopic (exact) mass is 280 g/mol. The van der Waals surface area contributed by atoms with E-state index < -0.39 is 0 Å². The Kier molecular flexibility index (Phi) is 4.77. The van der Waals surface area contributed by atoms with Gasteiger partial charge in [-0.15, -0.1) is 0 Å². The number of aryl methyl sites for hydroxylation is 1. The van der Waals surface area contributed by atoms with Gasteiger partial charge in [0, 0.05) is 36.9 Å². The second-order valence-electron chi connectivity index (χ2n) is 5.40. The molecule has 112 valence electrons. The van der Waals surface area contributed by atoms with Crippen LogP contribution in [0, 0.1) is 13.8 Å². The van der Waals surface area contributed by atoms with Crippen LogP contribution in [0.3, 0.4) is 0 Å². The van der Waals surface area contributed by atoms with Crippen molar-refractivity contribution in [3.8, 4) is 0 Å². The van der Waals surface area contributed by atoms with Gasteiger partial charge in [-0.2, -0.15) is 5.10 Å². The van der Waals surface area contributed by atoms with Crippen LogP contribution in [-0.4, -0.2) is 46.4 Å². The third-order valence-corrected chi connectivity index (χ3v) is 3.81. The molecule has 0 aromatic carbocycles. The Balaban J connectivity index is 2.06. The lowest BCUT2D eigenvalue weighted by Gasteiger charge is -2.15. The zero-order valence-corrected chi connectivity index (χ0v) is 12.6. The van der Waals surface area contributed by atoms with Crippen molar-refractivity contribution in [2.24, 2.45) is 5.73 Å². The summed E-state index contributed by atoms with van der Waals surface area (Å²) in [6.07, 6.45) is 1.05. The molecular weight excluding hydrogens is 256 g/mol. The Hall–Kier alpha value is -1.40. The number of carbonyl (C=O) groups is 1. The number of esters is 1. The summed E-state index contributed by atoms with van der Waals surface area (Å²) in [4.78, 5) is 13.9. The summed E-state index contributed by atoms with van der Waals surface area (Å²) >= 11 is 0. The predicted octanol–water partition coefficient (Wildman–Crippen LogP) is 0.596. The SMILES string of the molecule is CCOC(=O)Cn1nc(C)c(CN2CCC(N)C2)c1C. The van der Waals surface area contributed by atoms with Gasteiger partial charge in [-0.05, 0) is 27.2 Å². The van der Waals surface area contributed by atoms with Gasteiger partial charge in [-0.3, -0.25) is 14.4 Å². The minimum atomic E-state index is -0.243. The zero-order valence-electron chi connectivity index (χ0n) is 12.6. The maximum Gasteiger partial charge on any atom is 0.327 e. The first kappa shape index (κ1) is 15.0. The second-order valence-corrected chi connectivity index (χ2v) is 5.40. The molecule has 1 aromatic rings. The molecule has 1 unspecified atom stereocenters. The fourth-order valence-corrected chi connectivity index (χ4v) is 2.68. The van der Waals surface area contributed by atoms with Gasteiger partial charge in [-0.25, -0.2) is 0 Å². The number of carbonyl (C=O) groups excluding carboxylic acids is 1. The molecule has 0 spiro atoms. The van der Waals surface area contributed by atoms with Crippen LogP contribution >= 0.6 is 0 Å². The largest absolute Gasteiger partial charge is 0.465 e. The Morgan fingerprint density at radius 3 is 2.85 bits per heavy atom. The molecule has 2 N–H and O–H groups in total. The number of likely N-dealkylation sites (tertiary alicyclic amines) is 1. The van der Waals surface area contributed by atoms with Gasteiger partial charge in [0.25, 0.3) is 0 Å². The maximum atomic E-state index is 11.6. The molecule has 1 saturated heterocycles. The highest BCUT2D eigenvalue weighted by Crippen LogP contribution is 2.18. The van der Waals surface area contributed by atoms with Crippen molar-refractivity contribution in [3.63, 3.8) is 0 Å². The van der Waals surface area contributed by atoms with E-state index in [0.29, 0.717) is 6.61 Å². The fraction of sp³-hybridized carbons (Fsp3) is 0.714. The summed E-state index contributed by atoms with van der Waals surface area (Å²) in [6.45, 7) is 9.20. The third-order valence-electron chi connectivity index (χ3n) is 3.81. The second kappa shape index (κ2) is 6.37. The first-order chi connectivity index (χ1) is 9.51. The van der Waals surface area contributed by atoms with Gasteiger partial charge in [0.2, 0.25) is 0 Å². The minimum Gasteiger partial charge on any atom is -0.465 e. The molecule has 0 amide bonds. The molecule has 20 heavy (non-hydrogen) atoms. The van der Waals surface area contributed by atoms with Crippen LogP contribution in [0.1, 0.15) is 30.3 Å². The highest BCUT2D eigenvalue weighted by Gasteiger charge is 2.22. The number of aromatic nitrogens is 2. The van der Waals surface area contributed by atoms with Crippen LogP contribution in [0.2, 0.25) is 0 Å². The van der Waals surface area contributed by atoms with Crippen molar-refractivity contribution >= 4 is 5.97 Å². The van der Waals surface area contributed by atoms with Gasteiger partial charge in [0.15, 0.2) is 0 Å². The minimum absolute atomic E-state index is 0.181. The summed E-state index contributed by atoms with van der Waals surface area (Å²) in [6, 6.07) is 0.283. The summed E-state index contributed by atoms with van der Waals surface area (Å²) in [5.41, 5.74) is 9.15. The molecule has 6 nitrogen and oxygen atoms in total. The number of hydrogen-bond acceptors (Lipinski definition) is 5. The maximum absolute atomic E-state index is 11.6. The van der Waals surface area contributed by atoms with E-state index in [2.05, 4.69) is 10.00 Å². The van der Waals surface area contributed by atoms with Gasteiger partial charge >= 0.3 is 5.97 Å². The van der Waals surface area contributed by atoms with Crippen LogP contribution in [0.15, 0.2) is 0 Å². The van der Waals surface area contributed by atoms with E-state index in [1.807, 2.05) is 13.8 Å². The van der Waals surface area contributed by atoms with Gasteiger partial charge in [-0.1, -0.05) is 0 Å². The van der Waals surface area contributed by atoms with Gasteiger partial charge < -0.3 is 10.5 Å². The van der Waals surface area contributed by atoms with E-state index in [-0.39, 0.29) is 18.6 Å². The van der Waals surface area contributed by atoms with Crippen molar-refractivity contribution in [1.29, 1.82) is 0 Å². The van der Waals surface area contributed by atoms with Crippen molar-refractivity contribution in [3.05, 3.63) is 17.0 Å². The third kappa shape index (κ3) is 3.37. The molecule has 0 bridgehead atoms. The lowest BCUT2D eigenvalue weighted by atomic mass is 10.2. The standard InChI is InChI=1S/C14H24N4O2/c1-4-20-14(19)9-18-11(3)13(10(2)16-18)8-17-6-5-12(15)7-17/h12H,4-9,15H2,1-3H3. The normalized spacial score (nSPS) is 19.5. The smallest absolute Gasteiger partial charge is 0.327 e. The van der Waals surface area contributed by atoms with E-state index in [1.54, 1.807) is 11.6 Å². The average molecular weight is 280 g/mol. The molecule has 1 fully saturated rings.